The number of sulfonamides is 1. The van der Waals surface area contributed by atoms with Gasteiger partial charge in [-0.25, -0.2) is 12.7 Å². The summed E-state index contributed by atoms with van der Waals surface area (Å²) in [4.78, 5) is 17.9. The largest absolute Gasteiger partial charge is 0.373 e. The number of piperidine rings is 1. The van der Waals surface area contributed by atoms with Crippen molar-refractivity contribution in [2.75, 3.05) is 46.1 Å². The van der Waals surface area contributed by atoms with Crippen LogP contribution in [-0.2, 0) is 14.8 Å². The van der Waals surface area contributed by atoms with Crippen LogP contribution < -0.4 is 5.73 Å². The highest BCUT2D eigenvalue weighted by atomic mass is 32.2. The van der Waals surface area contributed by atoms with Crippen molar-refractivity contribution in [2.24, 2.45) is 11.7 Å². The van der Waals surface area contributed by atoms with E-state index in [1.807, 2.05) is 12.3 Å². The van der Waals surface area contributed by atoms with Crippen LogP contribution in [0.3, 0.4) is 0 Å². The van der Waals surface area contributed by atoms with Gasteiger partial charge >= 0.3 is 0 Å². The van der Waals surface area contributed by atoms with Crippen LogP contribution in [0.5, 0.6) is 0 Å². The zero-order chi connectivity index (χ0) is 25.6. The van der Waals surface area contributed by atoms with Gasteiger partial charge in [-0.3, -0.25) is 4.79 Å². The molecule has 0 spiro atoms. The van der Waals surface area contributed by atoms with E-state index in [1.165, 1.54) is 5.57 Å². The SMILES string of the molecule is CCS(=O)(=O)N1CCC(c2c[nH]c3c(C(N)=O)cc(C4=CC5OCCC5C(CN(C)C)=C4)cc23)CC1. The van der Waals surface area contributed by atoms with Crippen LogP contribution >= 0.6 is 0 Å². The van der Waals surface area contributed by atoms with E-state index < -0.39 is 15.9 Å². The van der Waals surface area contributed by atoms with E-state index in [1.54, 1.807) is 11.2 Å². The Balaban J connectivity index is 1.53. The number of benzene rings is 1. The number of amides is 1. The summed E-state index contributed by atoms with van der Waals surface area (Å²) in [5.41, 5.74) is 11.5. The molecule has 1 aromatic heterocycles. The minimum absolute atomic E-state index is 0.0446. The Morgan fingerprint density at radius 2 is 1.97 bits per heavy atom. The number of nitrogens with one attached hydrogen (secondary N) is 1. The highest BCUT2D eigenvalue weighted by Gasteiger charge is 2.34. The van der Waals surface area contributed by atoms with E-state index in [0.29, 0.717) is 24.6 Å². The number of allylic oxidation sites excluding steroid dienone is 2. The summed E-state index contributed by atoms with van der Waals surface area (Å²) in [5, 5.41) is 0.982. The number of rotatable bonds is 7. The maximum absolute atomic E-state index is 12.5. The van der Waals surface area contributed by atoms with E-state index >= 15 is 0 Å². The molecule has 1 aliphatic carbocycles. The molecule has 3 aliphatic rings. The molecular formula is C27H36N4O4S. The lowest BCUT2D eigenvalue weighted by Crippen LogP contribution is -2.38. The molecule has 9 heteroatoms. The molecule has 2 atom stereocenters. The number of aromatic nitrogens is 1. The van der Waals surface area contributed by atoms with Crippen molar-refractivity contribution in [1.82, 2.24) is 14.2 Å². The fourth-order valence-corrected chi connectivity index (χ4v) is 7.12. The molecule has 0 bridgehead atoms. The van der Waals surface area contributed by atoms with Crippen LogP contribution in [0.25, 0.3) is 16.5 Å². The number of ether oxygens (including phenoxy) is 1. The van der Waals surface area contributed by atoms with Crippen LogP contribution in [0.15, 0.2) is 36.1 Å². The molecule has 2 unspecified atom stereocenters. The second kappa shape index (κ2) is 9.78. The molecule has 2 aliphatic heterocycles. The van der Waals surface area contributed by atoms with Gasteiger partial charge in [0.25, 0.3) is 5.91 Å². The predicted octanol–water partition coefficient (Wildman–Crippen LogP) is 3.09. The average molecular weight is 513 g/mol. The molecule has 1 amide bonds. The van der Waals surface area contributed by atoms with Crippen molar-refractivity contribution in [2.45, 2.75) is 38.2 Å². The quantitative estimate of drug-likeness (QED) is 0.593. The number of aromatic amines is 1. The van der Waals surface area contributed by atoms with Crippen LogP contribution in [0, 0.1) is 5.92 Å². The highest BCUT2D eigenvalue weighted by molar-refractivity contribution is 7.89. The molecule has 2 aromatic rings. The van der Waals surface area contributed by atoms with Gasteiger partial charge in [0.15, 0.2) is 0 Å². The number of nitrogens with zero attached hydrogens (tertiary/aromatic N) is 2. The summed E-state index contributed by atoms with van der Waals surface area (Å²) in [6.45, 7) is 4.33. The Labute approximate surface area is 213 Å². The molecule has 2 saturated heterocycles. The van der Waals surface area contributed by atoms with Crippen molar-refractivity contribution in [3.63, 3.8) is 0 Å². The van der Waals surface area contributed by atoms with Gasteiger partial charge in [-0.05, 0) is 86.7 Å². The second-order valence-electron chi connectivity index (χ2n) is 10.4. The smallest absolute Gasteiger partial charge is 0.250 e. The van der Waals surface area contributed by atoms with E-state index in [0.717, 1.165) is 60.0 Å². The first-order valence-electron chi connectivity index (χ1n) is 12.8. The minimum Gasteiger partial charge on any atom is -0.373 e. The number of hydrogen-bond acceptors (Lipinski definition) is 5. The van der Waals surface area contributed by atoms with Gasteiger partial charge in [0.1, 0.15) is 0 Å². The molecule has 0 radical (unpaired) electrons. The Bertz CT molecular complexity index is 1330. The molecule has 36 heavy (non-hydrogen) atoms. The summed E-state index contributed by atoms with van der Waals surface area (Å²) in [6.07, 6.45) is 8.96. The molecule has 2 fully saturated rings. The third kappa shape index (κ3) is 4.65. The zero-order valence-electron chi connectivity index (χ0n) is 21.3. The van der Waals surface area contributed by atoms with Gasteiger partial charge in [0.2, 0.25) is 10.0 Å². The van der Waals surface area contributed by atoms with Crippen molar-refractivity contribution in [3.8, 4) is 0 Å². The second-order valence-corrected chi connectivity index (χ2v) is 12.7. The average Bonchev–Trinajstić information content (AvgIpc) is 3.50. The van der Waals surface area contributed by atoms with Gasteiger partial charge in [-0.1, -0.05) is 6.08 Å². The summed E-state index contributed by atoms with van der Waals surface area (Å²) in [6, 6.07) is 4.03. The first-order chi connectivity index (χ1) is 17.2. The maximum atomic E-state index is 12.5. The summed E-state index contributed by atoms with van der Waals surface area (Å²) >= 11 is 0. The topological polar surface area (TPSA) is 109 Å². The fraction of sp³-hybridized carbons (Fsp3) is 0.519. The summed E-state index contributed by atoms with van der Waals surface area (Å²) < 4.78 is 32.3. The Morgan fingerprint density at radius 1 is 1.22 bits per heavy atom. The van der Waals surface area contributed by atoms with E-state index in [9.17, 15) is 13.2 Å². The lowest BCUT2D eigenvalue weighted by Gasteiger charge is -2.31. The predicted molar refractivity (Wildman–Crippen MR) is 142 cm³/mol. The third-order valence-corrected chi connectivity index (χ3v) is 9.75. The monoisotopic (exact) mass is 512 g/mol. The van der Waals surface area contributed by atoms with E-state index in [2.05, 4.69) is 42.2 Å². The molecule has 3 N–H and O–H groups in total. The Kier molecular flexibility index (Phi) is 6.84. The first-order valence-corrected chi connectivity index (χ1v) is 14.4. The van der Waals surface area contributed by atoms with Crippen molar-refractivity contribution in [3.05, 3.63) is 52.7 Å². The van der Waals surface area contributed by atoms with Crippen molar-refractivity contribution < 1.29 is 17.9 Å². The molecule has 0 saturated carbocycles. The number of hydrogen-bond donors (Lipinski definition) is 2. The lowest BCUT2D eigenvalue weighted by atomic mass is 9.82. The number of carbonyl (C=O) groups is 1. The van der Waals surface area contributed by atoms with Gasteiger partial charge < -0.3 is 20.4 Å². The van der Waals surface area contributed by atoms with Gasteiger partial charge in [0, 0.05) is 43.7 Å². The number of likely N-dealkylation sites (N-methyl/N-ethyl adjacent to an activating group) is 1. The third-order valence-electron chi connectivity index (χ3n) is 7.87. The van der Waals surface area contributed by atoms with Gasteiger partial charge in [-0.15, -0.1) is 0 Å². The highest BCUT2D eigenvalue weighted by Crippen LogP contribution is 2.40. The Hall–Kier alpha value is -2.46. The van der Waals surface area contributed by atoms with Crippen LogP contribution in [0.4, 0.5) is 0 Å². The number of fused-ring (bicyclic) bond motifs is 2. The van der Waals surface area contributed by atoms with E-state index in [-0.39, 0.29) is 17.8 Å². The van der Waals surface area contributed by atoms with Gasteiger partial charge in [-0.2, -0.15) is 0 Å². The van der Waals surface area contributed by atoms with Crippen LogP contribution in [-0.4, -0.2) is 80.7 Å². The number of carbonyl (C=O) groups excluding carboxylic acids is 1. The molecule has 3 heterocycles. The molecule has 194 valence electrons. The van der Waals surface area contributed by atoms with E-state index in [4.69, 9.17) is 10.5 Å². The minimum atomic E-state index is -3.18. The lowest BCUT2D eigenvalue weighted by molar-refractivity contribution is 0.100. The van der Waals surface area contributed by atoms with Crippen LogP contribution in [0.2, 0.25) is 0 Å². The molecule has 8 nitrogen and oxygen atoms in total. The number of nitrogens with two attached hydrogens (primary N) is 1. The fourth-order valence-electron chi connectivity index (χ4n) is 5.99. The maximum Gasteiger partial charge on any atom is 0.250 e. The number of primary amides is 1. The zero-order valence-corrected chi connectivity index (χ0v) is 22.1. The molecule has 1 aromatic carbocycles. The van der Waals surface area contributed by atoms with Crippen molar-refractivity contribution >= 4 is 32.4 Å². The number of H-pyrrole nitrogens is 1. The van der Waals surface area contributed by atoms with Crippen molar-refractivity contribution in [1.29, 1.82) is 0 Å². The summed E-state index contributed by atoms with van der Waals surface area (Å²) in [5.74, 6) is 0.256. The Morgan fingerprint density at radius 3 is 2.64 bits per heavy atom. The van der Waals surface area contributed by atoms with Gasteiger partial charge in [0.05, 0.1) is 22.9 Å². The molecular weight excluding hydrogens is 476 g/mol. The molecule has 5 rings (SSSR count). The normalized spacial score (nSPS) is 23.7. The summed E-state index contributed by atoms with van der Waals surface area (Å²) in [7, 11) is 0.966. The standard InChI is InChI=1S/C27H36N4O4S/c1-4-36(33,34)31-8-5-17(6-9-31)24-15-29-26-22(24)12-19(13-23(26)27(28)32)18-11-20(16-30(2)3)21-7-10-35-25(21)14-18/h11-15,17,21,25,29H,4-10,16H2,1-3H3,(H2,28,32). The first kappa shape index (κ1) is 25.2. The van der Waals surface area contributed by atoms with Crippen LogP contribution in [0.1, 0.15) is 53.6 Å².